The number of benzene rings is 1. The Morgan fingerprint density at radius 3 is 2.65 bits per heavy atom. The van der Waals surface area contributed by atoms with Crippen molar-refractivity contribution in [1.29, 1.82) is 0 Å². The standard InChI is InChI=1S/C31H45N5O6Si/c1-22(19-39-3)33-30(37)26-18-35(21-40-14-15-43(4,5)6)29-28(26)34-27(17-32-29)42-25-12-13-36(23(2)16-25)31(38)41-20-24-10-8-7-9-11-24/h7-11,17-18,22-23,25H,12-16,19-21H2,1-6H3,(H,33,37)/t22-,23?,25?/m0/s1. The first-order chi connectivity index (χ1) is 20.5. The average Bonchev–Trinajstić information content (AvgIpc) is 3.32. The highest BCUT2D eigenvalue weighted by Gasteiger charge is 2.31. The number of methoxy groups -OCH3 is 1. The van der Waals surface area contributed by atoms with Crippen molar-refractivity contribution in [2.24, 2.45) is 0 Å². The van der Waals surface area contributed by atoms with Crippen molar-refractivity contribution in [2.45, 2.75) is 83.9 Å². The molecule has 0 aliphatic carbocycles. The van der Waals surface area contributed by atoms with E-state index in [4.69, 9.17) is 23.9 Å². The molecule has 0 spiro atoms. The van der Waals surface area contributed by atoms with Crippen LogP contribution in [-0.2, 0) is 27.5 Å². The molecule has 0 radical (unpaired) electrons. The van der Waals surface area contributed by atoms with Gasteiger partial charge in [-0.05, 0) is 25.5 Å². The Morgan fingerprint density at radius 2 is 1.95 bits per heavy atom. The van der Waals surface area contributed by atoms with E-state index < -0.39 is 8.07 Å². The molecule has 1 fully saturated rings. The number of carbonyl (C=O) groups excluding carboxylic acids is 2. The largest absolute Gasteiger partial charge is 0.473 e. The number of likely N-dealkylation sites (tertiary alicyclic amines) is 1. The molecule has 2 amide bonds. The van der Waals surface area contributed by atoms with Crippen LogP contribution in [0.2, 0.25) is 25.7 Å². The molecular weight excluding hydrogens is 566 g/mol. The third kappa shape index (κ3) is 9.25. The quantitative estimate of drug-likeness (QED) is 0.210. The zero-order valence-electron chi connectivity index (χ0n) is 26.2. The summed E-state index contributed by atoms with van der Waals surface area (Å²) in [5.74, 6) is 0.0685. The predicted octanol–water partition coefficient (Wildman–Crippen LogP) is 5.08. The van der Waals surface area contributed by atoms with E-state index >= 15 is 0 Å². The van der Waals surface area contributed by atoms with Crippen LogP contribution in [0.5, 0.6) is 5.88 Å². The van der Waals surface area contributed by atoms with E-state index in [9.17, 15) is 9.59 Å². The zero-order valence-corrected chi connectivity index (χ0v) is 27.2. The fourth-order valence-corrected chi connectivity index (χ4v) is 5.73. The number of aromatic nitrogens is 3. The van der Waals surface area contributed by atoms with Crippen LogP contribution in [0.15, 0.2) is 42.7 Å². The van der Waals surface area contributed by atoms with Gasteiger partial charge in [-0.1, -0.05) is 50.0 Å². The second kappa shape index (κ2) is 14.8. The number of amides is 2. The Labute approximate surface area is 254 Å². The summed E-state index contributed by atoms with van der Waals surface area (Å²) in [7, 11) is 0.363. The summed E-state index contributed by atoms with van der Waals surface area (Å²) >= 11 is 0. The Kier molecular flexibility index (Phi) is 11.2. The lowest BCUT2D eigenvalue weighted by Gasteiger charge is -2.36. The van der Waals surface area contributed by atoms with Crippen LogP contribution in [0.4, 0.5) is 4.79 Å². The van der Waals surface area contributed by atoms with Gasteiger partial charge in [0.2, 0.25) is 5.88 Å². The lowest BCUT2D eigenvalue weighted by Crippen LogP contribution is -2.47. The van der Waals surface area contributed by atoms with Gasteiger partial charge in [0.05, 0.1) is 18.4 Å². The van der Waals surface area contributed by atoms with E-state index in [0.29, 0.717) is 55.2 Å². The first-order valence-corrected chi connectivity index (χ1v) is 18.6. The summed E-state index contributed by atoms with van der Waals surface area (Å²) in [6.45, 7) is 12.8. The van der Waals surface area contributed by atoms with Gasteiger partial charge in [0.1, 0.15) is 25.0 Å². The van der Waals surface area contributed by atoms with Crippen LogP contribution in [0, 0.1) is 0 Å². The predicted molar refractivity (Wildman–Crippen MR) is 167 cm³/mol. The molecule has 3 heterocycles. The number of ether oxygens (including phenoxy) is 4. The maximum Gasteiger partial charge on any atom is 0.410 e. The molecule has 12 heteroatoms. The van der Waals surface area contributed by atoms with Crippen molar-refractivity contribution in [2.75, 3.05) is 26.9 Å². The number of hydrogen-bond acceptors (Lipinski definition) is 8. The average molecular weight is 612 g/mol. The van der Waals surface area contributed by atoms with Crippen molar-refractivity contribution in [3.8, 4) is 5.88 Å². The first-order valence-electron chi connectivity index (χ1n) is 14.9. The van der Waals surface area contributed by atoms with Crippen molar-refractivity contribution in [1.82, 2.24) is 24.8 Å². The molecular formula is C31H45N5O6Si. The molecule has 3 aromatic rings. The molecule has 1 saturated heterocycles. The summed E-state index contributed by atoms with van der Waals surface area (Å²) in [6.07, 6.45) is 4.07. The third-order valence-electron chi connectivity index (χ3n) is 7.36. The van der Waals surface area contributed by atoms with E-state index in [1.807, 2.05) is 48.7 Å². The minimum Gasteiger partial charge on any atom is -0.473 e. The minimum atomic E-state index is -1.23. The Bertz CT molecular complexity index is 1360. The molecule has 11 nitrogen and oxygen atoms in total. The molecule has 1 N–H and O–H groups in total. The highest BCUT2D eigenvalue weighted by atomic mass is 28.3. The smallest absolute Gasteiger partial charge is 0.410 e. The molecule has 2 aromatic heterocycles. The van der Waals surface area contributed by atoms with Crippen LogP contribution in [-0.4, -0.2) is 84.6 Å². The van der Waals surface area contributed by atoms with E-state index in [2.05, 4.69) is 29.9 Å². The molecule has 4 rings (SSSR count). The van der Waals surface area contributed by atoms with Crippen LogP contribution in [0.1, 0.15) is 42.6 Å². The van der Waals surface area contributed by atoms with Gasteiger partial charge in [-0.2, -0.15) is 0 Å². The van der Waals surface area contributed by atoms with Crippen molar-refractivity contribution < 1.29 is 28.5 Å². The fourth-order valence-electron chi connectivity index (χ4n) is 4.97. The van der Waals surface area contributed by atoms with Gasteiger partial charge in [-0.3, -0.25) is 4.79 Å². The summed E-state index contributed by atoms with van der Waals surface area (Å²) in [5, 5.41) is 2.96. The van der Waals surface area contributed by atoms with E-state index in [1.54, 1.807) is 24.4 Å². The normalized spacial score (nSPS) is 18.0. The fraction of sp³-hybridized carbons (Fsp3) is 0.548. The SMILES string of the molecule is COC[C@H](C)NC(=O)c1cn(COCC[Si](C)(C)C)c2ncc(OC3CCN(C(=O)OCc4ccccc4)C(C)C3)nc12. The van der Waals surface area contributed by atoms with Crippen molar-refractivity contribution in [3.05, 3.63) is 53.9 Å². The summed E-state index contributed by atoms with van der Waals surface area (Å²) in [5.41, 5.74) is 2.34. The Hall–Kier alpha value is -3.48. The number of rotatable bonds is 13. The topological polar surface area (TPSA) is 117 Å². The van der Waals surface area contributed by atoms with E-state index in [-0.39, 0.29) is 43.5 Å². The Balaban J connectivity index is 1.43. The molecule has 43 heavy (non-hydrogen) atoms. The molecule has 3 atom stereocenters. The van der Waals surface area contributed by atoms with Gasteiger partial charge in [0.15, 0.2) is 5.65 Å². The number of nitrogens with one attached hydrogen (secondary N) is 1. The maximum absolute atomic E-state index is 13.2. The molecule has 0 saturated carbocycles. The van der Waals surface area contributed by atoms with Gasteiger partial charge >= 0.3 is 6.09 Å². The second-order valence-electron chi connectivity index (χ2n) is 12.4. The van der Waals surface area contributed by atoms with Crippen LogP contribution in [0.3, 0.4) is 0 Å². The minimum absolute atomic E-state index is 0.0725. The van der Waals surface area contributed by atoms with Crippen LogP contribution < -0.4 is 10.1 Å². The zero-order chi connectivity index (χ0) is 31.0. The Morgan fingerprint density at radius 1 is 1.19 bits per heavy atom. The highest BCUT2D eigenvalue weighted by molar-refractivity contribution is 6.76. The van der Waals surface area contributed by atoms with E-state index in [1.165, 1.54) is 0 Å². The summed E-state index contributed by atoms with van der Waals surface area (Å²) < 4.78 is 24.7. The van der Waals surface area contributed by atoms with Gasteiger partial charge in [0, 0.05) is 59.5 Å². The summed E-state index contributed by atoms with van der Waals surface area (Å²) in [4.78, 5) is 37.1. The number of carbonyl (C=O) groups is 2. The number of nitrogens with zero attached hydrogens (tertiary/aromatic N) is 4. The molecule has 0 bridgehead atoms. The maximum atomic E-state index is 13.2. The van der Waals surface area contributed by atoms with Gasteiger partial charge < -0.3 is 33.7 Å². The van der Waals surface area contributed by atoms with Crippen molar-refractivity contribution in [3.63, 3.8) is 0 Å². The first kappa shape index (κ1) is 32.4. The van der Waals surface area contributed by atoms with E-state index in [0.717, 1.165) is 11.6 Å². The highest BCUT2D eigenvalue weighted by Crippen LogP contribution is 2.26. The molecule has 1 aromatic carbocycles. The van der Waals surface area contributed by atoms with Crippen molar-refractivity contribution >= 4 is 31.2 Å². The molecule has 234 valence electrons. The van der Waals surface area contributed by atoms with Gasteiger partial charge in [-0.25, -0.2) is 14.8 Å². The molecule has 1 aliphatic rings. The van der Waals surface area contributed by atoms with Gasteiger partial charge in [-0.15, -0.1) is 0 Å². The lowest BCUT2D eigenvalue weighted by molar-refractivity contribution is 0.0386. The molecule has 1 aliphatic heterocycles. The second-order valence-corrected chi connectivity index (χ2v) is 18.0. The van der Waals surface area contributed by atoms with Crippen LogP contribution in [0.25, 0.3) is 11.2 Å². The monoisotopic (exact) mass is 611 g/mol. The third-order valence-corrected chi connectivity index (χ3v) is 9.07. The lowest BCUT2D eigenvalue weighted by atomic mass is 10.0. The number of piperidine rings is 1. The number of hydrogen-bond donors (Lipinski definition) is 1. The van der Waals surface area contributed by atoms with Gasteiger partial charge in [0.25, 0.3) is 5.91 Å². The summed E-state index contributed by atoms with van der Waals surface area (Å²) in [6, 6.07) is 10.4. The molecule has 2 unspecified atom stereocenters. The number of fused-ring (bicyclic) bond motifs is 1. The van der Waals surface area contributed by atoms with Crippen LogP contribution >= 0.6 is 0 Å².